The first-order valence-corrected chi connectivity index (χ1v) is 17.0. The van der Waals surface area contributed by atoms with Crippen LogP contribution in [0.5, 0.6) is 0 Å². The number of alkyl halides is 2. The maximum Gasteiger partial charge on any atom is 0.228 e. The van der Waals surface area contributed by atoms with Gasteiger partial charge in [0.05, 0.1) is 24.2 Å². The number of rotatable bonds is 8. The van der Waals surface area contributed by atoms with Gasteiger partial charge in [0, 0.05) is 50.4 Å². The average molecular weight is 625 g/mol. The zero-order valence-electron chi connectivity index (χ0n) is 27.1. The number of carbonyl (C=O) groups excluding carboxylic acids is 2. The summed E-state index contributed by atoms with van der Waals surface area (Å²) in [4.78, 5) is 30.8. The molecule has 0 aromatic rings. The Kier molecular flexibility index (Phi) is 13.7. The fourth-order valence-corrected chi connectivity index (χ4v) is 7.47. The Hall–Kier alpha value is -1.86. The van der Waals surface area contributed by atoms with Crippen LogP contribution in [-0.4, -0.2) is 118 Å². The molecule has 3 aliphatic heterocycles. The number of likely N-dealkylation sites (N-methyl/N-ethyl adjacent to an activating group) is 1. The van der Waals surface area contributed by atoms with Crippen LogP contribution in [-0.2, 0) is 9.59 Å². The molecular weight excluding hydrogens is 566 g/mol. The largest absolute Gasteiger partial charge is 0.373 e. The highest BCUT2D eigenvalue weighted by Crippen LogP contribution is 2.29. The SMILES string of the molecule is CC1NCC(F)C/C=C(/C2CCCCCC2)NC(N)C1C(=O)NC1CNCC(F)C1N1CCC(C(=O)NCCN(C)C)CC1. The van der Waals surface area contributed by atoms with Gasteiger partial charge in [0.1, 0.15) is 12.3 Å². The van der Waals surface area contributed by atoms with E-state index in [1.54, 1.807) is 0 Å². The number of nitrogens with two attached hydrogens (primary N) is 1. The molecule has 0 bridgehead atoms. The summed E-state index contributed by atoms with van der Waals surface area (Å²) >= 11 is 0. The molecule has 1 aliphatic carbocycles. The molecule has 3 heterocycles. The molecule has 2 amide bonds. The van der Waals surface area contributed by atoms with Gasteiger partial charge in [-0.15, -0.1) is 0 Å². The molecule has 1 saturated carbocycles. The summed E-state index contributed by atoms with van der Waals surface area (Å²) in [7, 11) is 3.94. The molecule has 2 saturated heterocycles. The molecular formula is C32H58F2N8O2. The molecule has 252 valence electrons. The van der Waals surface area contributed by atoms with Crippen molar-refractivity contribution in [3.63, 3.8) is 0 Å². The van der Waals surface area contributed by atoms with Gasteiger partial charge < -0.3 is 37.2 Å². The van der Waals surface area contributed by atoms with Gasteiger partial charge in [-0.05, 0) is 72.1 Å². The number of nitrogens with zero attached hydrogens (tertiary/aromatic N) is 2. The van der Waals surface area contributed by atoms with Crippen LogP contribution < -0.4 is 32.3 Å². The van der Waals surface area contributed by atoms with Crippen molar-refractivity contribution in [2.75, 3.05) is 59.9 Å². The van der Waals surface area contributed by atoms with Crippen LogP contribution in [0.4, 0.5) is 8.78 Å². The smallest absolute Gasteiger partial charge is 0.228 e. The molecule has 7 unspecified atom stereocenters. The summed E-state index contributed by atoms with van der Waals surface area (Å²) in [5.41, 5.74) is 7.71. The van der Waals surface area contributed by atoms with Crippen molar-refractivity contribution in [3.05, 3.63) is 11.8 Å². The number of likely N-dealkylation sites (tertiary alicyclic amines) is 1. The van der Waals surface area contributed by atoms with Crippen LogP contribution in [0, 0.1) is 17.8 Å². The van der Waals surface area contributed by atoms with Gasteiger partial charge in [-0.25, -0.2) is 8.78 Å². The predicted octanol–water partition coefficient (Wildman–Crippen LogP) is 1.24. The van der Waals surface area contributed by atoms with Crippen LogP contribution in [0.25, 0.3) is 0 Å². The van der Waals surface area contributed by atoms with Crippen LogP contribution >= 0.6 is 0 Å². The van der Waals surface area contributed by atoms with Gasteiger partial charge in [0.15, 0.2) is 0 Å². The molecule has 44 heavy (non-hydrogen) atoms. The quantitative estimate of drug-likeness (QED) is 0.223. The molecule has 0 spiro atoms. The second-order valence-electron chi connectivity index (χ2n) is 13.8. The Morgan fingerprint density at radius 1 is 1.02 bits per heavy atom. The van der Waals surface area contributed by atoms with Crippen molar-refractivity contribution in [2.24, 2.45) is 23.5 Å². The highest BCUT2D eigenvalue weighted by molar-refractivity contribution is 5.80. The van der Waals surface area contributed by atoms with Gasteiger partial charge in [0.25, 0.3) is 0 Å². The third-order valence-electron chi connectivity index (χ3n) is 10.1. The first kappa shape index (κ1) is 35.0. The number of hydrogen-bond acceptors (Lipinski definition) is 8. The van der Waals surface area contributed by atoms with E-state index in [0.29, 0.717) is 51.4 Å². The zero-order chi connectivity index (χ0) is 31.6. The number of allylic oxidation sites excluding steroid dienone is 2. The minimum absolute atomic E-state index is 0.0604. The molecule has 7 atom stereocenters. The molecule has 0 radical (unpaired) electrons. The number of amides is 2. The van der Waals surface area contributed by atoms with Gasteiger partial charge >= 0.3 is 0 Å². The van der Waals surface area contributed by atoms with E-state index in [-0.39, 0.29) is 36.9 Å². The Labute approximate surface area is 263 Å². The van der Waals surface area contributed by atoms with E-state index in [9.17, 15) is 14.0 Å². The molecule has 12 heteroatoms. The average Bonchev–Trinajstić information content (AvgIpc) is 3.28. The summed E-state index contributed by atoms with van der Waals surface area (Å²) in [5, 5.41) is 16.0. The van der Waals surface area contributed by atoms with E-state index in [1.807, 2.05) is 32.0 Å². The maximum atomic E-state index is 15.5. The van der Waals surface area contributed by atoms with Gasteiger partial charge in [-0.3, -0.25) is 14.5 Å². The van der Waals surface area contributed by atoms with Crippen molar-refractivity contribution >= 4 is 11.8 Å². The van der Waals surface area contributed by atoms with Crippen LogP contribution in [0.3, 0.4) is 0 Å². The minimum Gasteiger partial charge on any atom is -0.373 e. The fourth-order valence-electron chi connectivity index (χ4n) is 7.47. The summed E-state index contributed by atoms with van der Waals surface area (Å²) in [6.45, 7) is 5.26. The molecule has 4 rings (SSSR count). The summed E-state index contributed by atoms with van der Waals surface area (Å²) in [5.74, 6) is -0.686. The number of halogens is 2. The van der Waals surface area contributed by atoms with Gasteiger partial charge in [-0.2, -0.15) is 0 Å². The van der Waals surface area contributed by atoms with Crippen molar-refractivity contribution < 1.29 is 18.4 Å². The molecule has 0 aromatic carbocycles. The van der Waals surface area contributed by atoms with E-state index in [0.717, 1.165) is 37.9 Å². The second-order valence-corrected chi connectivity index (χ2v) is 13.8. The lowest BCUT2D eigenvalue weighted by Crippen LogP contribution is -2.68. The third kappa shape index (κ3) is 9.82. The Morgan fingerprint density at radius 2 is 1.73 bits per heavy atom. The van der Waals surface area contributed by atoms with Crippen molar-refractivity contribution in [2.45, 2.75) is 101 Å². The normalized spacial score (nSPS) is 35.2. The van der Waals surface area contributed by atoms with Crippen molar-refractivity contribution in [1.82, 2.24) is 36.4 Å². The van der Waals surface area contributed by atoms with E-state index >= 15 is 4.39 Å². The molecule has 7 N–H and O–H groups in total. The van der Waals surface area contributed by atoms with E-state index in [2.05, 4.69) is 31.5 Å². The zero-order valence-corrected chi connectivity index (χ0v) is 27.1. The fraction of sp³-hybridized carbons (Fsp3) is 0.875. The lowest BCUT2D eigenvalue weighted by Gasteiger charge is -2.45. The lowest BCUT2D eigenvalue weighted by atomic mass is 9.89. The monoisotopic (exact) mass is 624 g/mol. The standard InChI is InChI=1S/C32H58F2N8O2/c1-21-28(30(35)39-26(11-10-24(33)18-38-21)22-8-6-4-5-7-9-22)32(44)40-27-20-36-19-25(34)29(27)42-15-12-23(13-16-42)31(43)37-14-17-41(2)3/h11,21-25,27-30,36,38-39H,4-10,12-20,35H2,1-3H3,(H,37,43)(H,40,44)/b26-11-. The molecule has 3 fully saturated rings. The maximum absolute atomic E-state index is 15.5. The molecule has 10 nitrogen and oxygen atoms in total. The summed E-state index contributed by atoms with van der Waals surface area (Å²) in [6.07, 6.45) is 7.44. The minimum atomic E-state index is -1.16. The lowest BCUT2D eigenvalue weighted by molar-refractivity contribution is -0.128. The topological polar surface area (TPSA) is 127 Å². The third-order valence-corrected chi connectivity index (χ3v) is 10.1. The second kappa shape index (κ2) is 17.2. The number of hydrogen-bond donors (Lipinski definition) is 6. The van der Waals surface area contributed by atoms with Crippen LogP contribution in [0.15, 0.2) is 11.8 Å². The summed E-state index contributed by atoms with van der Waals surface area (Å²) < 4.78 is 30.4. The van der Waals surface area contributed by atoms with Gasteiger partial charge in [0.2, 0.25) is 11.8 Å². The Bertz CT molecular complexity index is 939. The number of nitrogens with one attached hydrogen (secondary N) is 5. The van der Waals surface area contributed by atoms with Crippen LogP contribution in [0.2, 0.25) is 0 Å². The van der Waals surface area contributed by atoms with Crippen molar-refractivity contribution in [1.29, 1.82) is 0 Å². The van der Waals surface area contributed by atoms with E-state index < -0.39 is 36.5 Å². The van der Waals surface area contributed by atoms with Gasteiger partial charge in [-0.1, -0.05) is 31.8 Å². The Balaban J connectivity index is 1.41. The Morgan fingerprint density at radius 3 is 2.41 bits per heavy atom. The first-order chi connectivity index (χ1) is 21.1. The predicted molar refractivity (Wildman–Crippen MR) is 170 cm³/mol. The molecule has 4 aliphatic rings. The van der Waals surface area contributed by atoms with Crippen molar-refractivity contribution in [3.8, 4) is 0 Å². The van der Waals surface area contributed by atoms with Crippen LogP contribution in [0.1, 0.15) is 64.7 Å². The first-order valence-electron chi connectivity index (χ1n) is 17.0. The molecule has 0 aromatic heterocycles. The van der Waals surface area contributed by atoms with E-state index in [4.69, 9.17) is 5.73 Å². The number of carbonyl (C=O) groups is 2. The highest BCUT2D eigenvalue weighted by Gasteiger charge is 2.42. The van der Waals surface area contributed by atoms with E-state index in [1.165, 1.54) is 12.8 Å². The highest BCUT2D eigenvalue weighted by atomic mass is 19.1. The number of piperidine rings is 2. The summed E-state index contributed by atoms with van der Waals surface area (Å²) in [6, 6.07) is -1.35.